The third-order valence-electron chi connectivity index (χ3n) is 2.71. The minimum atomic E-state index is -3.71. The van der Waals surface area contributed by atoms with Crippen LogP contribution < -0.4 is 0 Å². The number of unbranched alkanes of at least 4 members (excludes halogenated alkanes) is 4. The Hall–Kier alpha value is -0.590. The maximum absolute atomic E-state index is 11.6. The molecular formula is C13H19ClO4S2. The van der Waals surface area contributed by atoms with Crippen LogP contribution in [0.3, 0.4) is 0 Å². The molecule has 0 bridgehead atoms. The standard InChI is InChI=1S/C13H19ClO4S2/c1-2-3-4-5-6-9-18-12(15)10-11-7-8-13(19-11)20(14,16)17/h7-8H,2-6,9-10H2,1H3. The first kappa shape index (κ1) is 17.5. The van der Waals surface area contributed by atoms with Crippen molar-refractivity contribution in [1.29, 1.82) is 0 Å². The first-order valence-electron chi connectivity index (χ1n) is 6.62. The van der Waals surface area contributed by atoms with E-state index in [1.54, 1.807) is 6.07 Å². The second kappa shape index (κ2) is 8.64. The number of carbonyl (C=O) groups is 1. The molecule has 0 spiro atoms. The third-order valence-corrected chi connectivity index (χ3v) is 5.88. The van der Waals surface area contributed by atoms with Crippen LogP contribution >= 0.6 is 22.0 Å². The van der Waals surface area contributed by atoms with Gasteiger partial charge in [0.05, 0.1) is 13.0 Å². The van der Waals surface area contributed by atoms with Crippen LogP contribution in [0.25, 0.3) is 0 Å². The van der Waals surface area contributed by atoms with Gasteiger partial charge in [-0.2, -0.15) is 0 Å². The first-order valence-corrected chi connectivity index (χ1v) is 9.75. The van der Waals surface area contributed by atoms with Crippen molar-refractivity contribution in [1.82, 2.24) is 0 Å². The van der Waals surface area contributed by atoms with Gasteiger partial charge in [-0.15, -0.1) is 11.3 Å². The number of rotatable bonds is 9. The highest BCUT2D eigenvalue weighted by Gasteiger charge is 2.15. The number of ether oxygens (including phenoxy) is 1. The monoisotopic (exact) mass is 338 g/mol. The quantitative estimate of drug-likeness (QED) is 0.391. The zero-order valence-corrected chi connectivity index (χ0v) is 13.8. The average Bonchev–Trinajstić information content (AvgIpc) is 2.82. The van der Waals surface area contributed by atoms with Gasteiger partial charge in [-0.05, 0) is 18.6 Å². The van der Waals surface area contributed by atoms with E-state index in [1.165, 1.54) is 18.9 Å². The molecule has 7 heteroatoms. The molecule has 0 aliphatic heterocycles. The Morgan fingerprint density at radius 1 is 1.25 bits per heavy atom. The number of carbonyl (C=O) groups excluding carboxylic acids is 1. The van der Waals surface area contributed by atoms with Crippen LogP contribution in [-0.2, 0) is 25.0 Å². The lowest BCUT2D eigenvalue weighted by Gasteiger charge is -2.03. The molecule has 0 unspecified atom stereocenters. The fourth-order valence-electron chi connectivity index (χ4n) is 1.67. The van der Waals surface area contributed by atoms with Gasteiger partial charge in [0.25, 0.3) is 9.05 Å². The molecule has 114 valence electrons. The molecule has 0 saturated carbocycles. The van der Waals surface area contributed by atoms with E-state index in [0.717, 1.165) is 30.6 Å². The van der Waals surface area contributed by atoms with Gasteiger partial charge in [-0.25, -0.2) is 8.42 Å². The maximum atomic E-state index is 11.6. The van der Waals surface area contributed by atoms with Gasteiger partial charge in [0, 0.05) is 15.6 Å². The zero-order chi connectivity index (χ0) is 15.0. The molecule has 1 heterocycles. The number of esters is 1. The molecule has 0 N–H and O–H groups in total. The second-order valence-corrected chi connectivity index (χ2v) is 8.43. The fourth-order valence-corrected chi connectivity index (χ4v) is 3.78. The van der Waals surface area contributed by atoms with Crippen LogP contribution in [0, 0.1) is 0 Å². The van der Waals surface area contributed by atoms with E-state index < -0.39 is 9.05 Å². The van der Waals surface area contributed by atoms with E-state index in [1.807, 2.05) is 0 Å². The summed E-state index contributed by atoms with van der Waals surface area (Å²) in [4.78, 5) is 12.2. The number of thiophene rings is 1. The number of hydrogen-bond acceptors (Lipinski definition) is 5. The maximum Gasteiger partial charge on any atom is 0.311 e. The molecule has 1 rings (SSSR count). The lowest BCUT2D eigenvalue weighted by atomic mass is 10.2. The third kappa shape index (κ3) is 6.72. The van der Waals surface area contributed by atoms with Gasteiger partial charge < -0.3 is 4.74 Å². The summed E-state index contributed by atoms with van der Waals surface area (Å²) in [6.45, 7) is 2.57. The summed E-state index contributed by atoms with van der Waals surface area (Å²) < 4.78 is 27.3. The first-order chi connectivity index (χ1) is 9.43. The SMILES string of the molecule is CCCCCCCOC(=O)Cc1ccc(S(=O)(=O)Cl)s1. The van der Waals surface area contributed by atoms with Crippen molar-refractivity contribution in [2.45, 2.75) is 49.7 Å². The molecule has 0 fully saturated rings. The Morgan fingerprint density at radius 3 is 2.55 bits per heavy atom. The van der Waals surface area contributed by atoms with Crippen LogP contribution in [0.5, 0.6) is 0 Å². The van der Waals surface area contributed by atoms with Crippen LogP contribution in [0.15, 0.2) is 16.3 Å². The molecule has 0 aliphatic carbocycles. The van der Waals surface area contributed by atoms with Gasteiger partial charge in [-0.1, -0.05) is 32.6 Å². The molecule has 0 aliphatic rings. The largest absolute Gasteiger partial charge is 0.465 e. The topological polar surface area (TPSA) is 60.4 Å². The average molecular weight is 339 g/mol. The fraction of sp³-hybridized carbons (Fsp3) is 0.615. The van der Waals surface area contributed by atoms with Crippen molar-refractivity contribution in [3.05, 3.63) is 17.0 Å². The van der Waals surface area contributed by atoms with E-state index in [4.69, 9.17) is 15.4 Å². The second-order valence-electron chi connectivity index (χ2n) is 4.47. The minimum Gasteiger partial charge on any atom is -0.465 e. The number of halogens is 1. The summed E-state index contributed by atoms with van der Waals surface area (Å²) in [5, 5.41) is 0. The molecule has 1 aromatic rings. The van der Waals surface area contributed by atoms with Gasteiger partial charge in [-0.3, -0.25) is 4.79 Å². The van der Waals surface area contributed by atoms with Crippen LogP contribution in [-0.4, -0.2) is 21.0 Å². The summed E-state index contributed by atoms with van der Waals surface area (Å²) in [5.74, 6) is -0.333. The molecule has 0 atom stereocenters. The highest BCUT2D eigenvalue weighted by Crippen LogP contribution is 2.25. The highest BCUT2D eigenvalue weighted by atomic mass is 35.7. The van der Waals surface area contributed by atoms with Crippen molar-refractivity contribution < 1.29 is 17.9 Å². The van der Waals surface area contributed by atoms with Crippen molar-refractivity contribution in [3.63, 3.8) is 0 Å². The predicted octanol–water partition coefficient (Wildman–Crippen LogP) is 3.73. The molecule has 1 aromatic heterocycles. The lowest BCUT2D eigenvalue weighted by Crippen LogP contribution is -2.08. The Balaban J connectivity index is 2.27. The summed E-state index contributed by atoms with van der Waals surface area (Å²) in [7, 11) is 1.51. The van der Waals surface area contributed by atoms with Crippen molar-refractivity contribution in [2.24, 2.45) is 0 Å². The molecule has 0 radical (unpaired) electrons. The molecule has 4 nitrogen and oxygen atoms in total. The van der Waals surface area contributed by atoms with E-state index in [-0.39, 0.29) is 16.6 Å². The van der Waals surface area contributed by atoms with Crippen molar-refractivity contribution in [2.75, 3.05) is 6.61 Å². The summed E-state index contributed by atoms with van der Waals surface area (Å²) in [5.41, 5.74) is 0. The van der Waals surface area contributed by atoms with Crippen LogP contribution in [0.4, 0.5) is 0 Å². The van der Waals surface area contributed by atoms with Gasteiger partial charge in [0.1, 0.15) is 4.21 Å². The predicted molar refractivity (Wildman–Crippen MR) is 80.8 cm³/mol. The molecule has 0 amide bonds. The van der Waals surface area contributed by atoms with E-state index >= 15 is 0 Å². The van der Waals surface area contributed by atoms with Crippen LogP contribution in [0.2, 0.25) is 0 Å². The minimum absolute atomic E-state index is 0.0570. The van der Waals surface area contributed by atoms with E-state index in [0.29, 0.717) is 11.5 Å². The Morgan fingerprint density at radius 2 is 1.95 bits per heavy atom. The lowest BCUT2D eigenvalue weighted by molar-refractivity contribution is -0.142. The molecule has 20 heavy (non-hydrogen) atoms. The van der Waals surface area contributed by atoms with Crippen molar-refractivity contribution in [3.8, 4) is 0 Å². The van der Waals surface area contributed by atoms with Gasteiger partial charge in [0.2, 0.25) is 0 Å². The van der Waals surface area contributed by atoms with Crippen molar-refractivity contribution >= 4 is 37.0 Å². The van der Waals surface area contributed by atoms with E-state index in [2.05, 4.69) is 6.92 Å². The Bertz CT molecular complexity index is 522. The molecule has 0 saturated heterocycles. The summed E-state index contributed by atoms with van der Waals surface area (Å²) in [6.07, 6.45) is 5.58. The smallest absolute Gasteiger partial charge is 0.311 e. The Labute approximate surface area is 128 Å². The van der Waals surface area contributed by atoms with Gasteiger partial charge >= 0.3 is 5.97 Å². The summed E-state index contributed by atoms with van der Waals surface area (Å²) >= 11 is 0.998. The number of hydrogen-bond donors (Lipinski definition) is 0. The van der Waals surface area contributed by atoms with E-state index in [9.17, 15) is 13.2 Å². The zero-order valence-electron chi connectivity index (χ0n) is 11.4. The van der Waals surface area contributed by atoms with Crippen LogP contribution in [0.1, 0.15) is 43.9 Å². The normalized spacial score (nSPS) is 11.5. The summed E-state index contributed by atoms with van der Waals surface area (Å²) in [6, 6.07) is 2.99. The van der Waals surface area contributed by atoms with Gasteiger partial charge in [0.15, 0.2) is 0 Å². The Kier molecular flexibility index (Phi) is 7.55. The highest BCUT2D eigenvalue weighted by molar-refractivity contribution is 8.15. The molecular weight excluding hydrogens is 320 g/mol. The molecule has 0 aromatic carbocycles.